The van der Waals surface area contributed by atoms with Crippen LogP contribution < -0.4 is 0 Å². The van der Waals surface area contributed by atoms with Gasteiger partial charge in [0.05, 0.1) is 17.8 Å². The zero-order valence-electron chi connectivity index (χ0n) is 20.3. The number of rotatable bonds is 5. The minimum Gasteiger partial charge on any atom is -0.390 e. The van der Waals surface area contributed by atoms with Crippen molar-refractivity contribution in [1.29, 1.82) is 0 Å². The molecular weight excluding hydrogens is 384 g/mol. The summed E-state index contributed by atoms with van der Waals surface area (Å²) in [6.45, 7) is 14.5. The maximum atomic E-state index is 10.3. The van der Waals surface area contributed by atoms with Crippen LogP contribution in [0.1, 0.15) is 79.6 Å². The molecule has 0 saturated heterocycles. The molecule has 0 amide bonds. The first-order valence-electron chi connectivity index (χ1n) is 12.3. The first-order valence-corrected chi connectivity index (χ1v) is 12.3. The summed E-state index contributed by atoms with van der Waals surface area (Å²) >= 11 is 0. The lowest BCUT2D eigenvalue weighted by Gasteiger charge is -2.44. The van der Waals surface area contributed by atoms with Gasteiger partial charge in [-0.3, -0.25) is 0 Å². The van der Waals surface area contributed by atoms with Crippen molar-refractivity contribution in [3.8, 4) is 0 Å². The van der Waals surface area contributed by atoms with Gasteiger partial charge in [-0.2, -0.15) is 0 Å². The van der Waals surface area contributed by atoms with Crippen molar-refractivity contribution in [2.45, 2.75) is 97.4 Å². The molecule has 0 heterocycles. The van der Waals surface area contributed by atoms with E-state index in [1.807, 2.05) is 13.8 Å². The average Bonchev–Trinajstić information content (AvgIpc) is 3.05. The molecule has 0 aromatic heterocycles. The Hall–Kier alpha value is -1.16. The fourth-order valence-corrected chi connectivity index (χ4v) is 6.28. The lowest BCUT2D eigenvalue weighted by atomic mass is 9.61. The highest BCUT2D eigenvalue weighted by Gasteiger charge is 2.50. The quantitative estimate of drug-likeness (QED) is 0.490. The summed E-state index contributed by atoms with van der Waals surface area (Å²) in [7, 11) is 0. The standard InChI is InChI=1S/C28H44O3/c1-18(9-10-19(2)27(4,5)31)23-13-14-24-22(8-7-15-28(23,24)6)12-11-21-16-25(29)20(3)26(30)17-21/h9-12,18-19,23-26,29-31H,3,7-8,13-17H2,1-2,4-6H3/b10-9+,22-12+/t18-,19+,23+,24-,25+,26+,28+/m0/s1. The fourth-order valence-electron chi connectivity index (χ4n) is 6.28. The van der Waals surface area contributed by atoms with Gasteiger partial charge in [-0.05, 0) is 87.5 Å². The molecule has 3 nitrogen and oxygen atoms in total. The zero-order chi connectivity index (χ0) is 23.0. The van der Waals surface area contributed by atoms with Crippen molar-refractivity contribution >= 4 is 0 Å². The first kappa shape index (κ1) is 24.5. The topological polar surface area (TPSA) is 60.7 Å². The summed E-state index contributed by atoms with van der Waals surface area (Å²) in [5.41, 5.74) is 2.87. The van der Waals surface area contributed by atoms with E-state index < -0.39 is 17.8 Å². The average molecular weight is 429 g/mol. The summed E-state index contributed by atoms with van der Waals surface area (Å²) in [5, 5.41) is 30.5. The molecule has 0 unspecified atom stereocenters. The molecule has 0 radical (unpaired) electrons. The summed E-state index contributed by atoms with van der Waals surface area (Å²) < 4.78 is 0. The van der Waals surface area contributed by atoms with Crippen molar-refractivity contribution in [2.24, 2.45) is 29.1 Å². The van der Waals surface area contributed by atoms with Crippen LogP contribution in [-0.2, 0) is 0 Å². The summed E-state index contributed by atoms with van der Waals surface area (Å²) in [6.07, 6.45) is 15.1. The third kappa shape index (κ3) is 5.26. The Kier molecular flexibility index (Phi) is 7.40. The minimum absolute atomic E-state index is 0.144. The predicted molar refractivity (Wildman–Crippen MR) is 128 cm³/mol. The number of aliphatic hydroxyl groups excluding tert-OH is 2. The third-order valence-electron chi connectivity index (χ3n) is 8.79. The monoisotopic (exact) mass is 428 g/mol. The second-order valence-corrected chi connectivity index (χ2v) is 11.4. The van der Waals surface area contributed by atoms with Crippen molar-refractivity contribution in [1.82, 2.24) is 0 Å². The van der Waals surface area contributed by atoms with E-state index in [2.05, 4.69) is 51.7 Å². The van der Waals surface area contributed by atoms with Crippen LogP contribution >= 0.6 is 0 Å². The van der Waals surface area contributed by atoms with Crippen LogP contribution in [0.4, 0.5) is 0 Å². The van der Waals surface area contributed by atoms with Crippen LogP contribution in [-0.4, -0.2) is 33.1 Å². The van der Waals surface area contributed by atoms with Gasteiger partial charge in [-0.25, -0.2) is 0 Å². The molecule has 174 valence electrons. The van der Waals surface area contributed by atoms with Gasteiger partial charge in [0, 0.05) is 5.92 Å². The van der Waals surface area contributed by atoms with Crippen LogP contribution in [0.15, 0.2) is 47.6 Å². The molecule has 3 aliphatic carbocycles. The van der Waals surface area contributed by atoms with Crippen molar-refractivity contribution in [3.63, 3.8) is 0 Å². The zero-order valence-corrected chi connectivity index (χ0v) is 20.3. The smallest absolute Gasteiger partial charge is 0.0809 e. The Balaban J connectivity index is 1.73. The summed E-state index contributed by atoms with van der Waals surface area (Å²) in [5.74, 6) is 1.94. The van der Waals surface area contributed by atoms with Crippen LogP contribution in [0.3, 0.4) is 0 Å². The second-order valence-electron chi connectivity index (χ2n) is 11.4. The Morgan fingerprint density at radius 1 is 1.06 bits per heavy atom. The van der Waals surface area contributed by atoms with Gasteiger partial charge >= 0.3 is 0 Å². The van der Waals surface area contributed by atoms with Gasteiger partial charge in [0.25, 0.3) is 0 Å². The lowest BCUT2D eigenvalue weighted by molar-refractivity contribution is 0.0436. The Morgan fingerprint density at radius 2 is 1.71 bits per heavy atom. The Labute approximate surface area is 189 Å². The highest BCUT2D eigenvalue weighted by atomic mass is 16.3. The molecule has 3 aliphatic rings. The van der Waals surface area contributed by atoms with Crippen molar-refractivity contribution in [2.75, 3.05) is 0 Å². The maximum absolute atomic E-state index is 10.3. The third-order valence-corrected chi connectivity index (χ3v) is 8.79. The molecule has 0 aliphatic heterocycles. The molecule has 3 heteroatoms. The fraction of sp³-hybridized carbons (Fsp3) is 0.714. The summed E-state index contributed by atoms with van der Waals surface area (Å²) in [6, 6.07) is 0. The van der Waals surface area contributed by atoms with E-state index in [0.29, 0.717) is 41.6 Å². The molecule has 7 atom stereocenters. The predicted octanol–water partition coefficient (Wildman–Crippen LogP) is 5.73. The van der Waals surface area contributed by atoms with Gasteiger partial charge in [0.1, 0.15) is 0 Å². The molecule has 3 rings (SSSR count). The van der Waals surface area contributed by atoms with E-state index in [1.54, 1.807) is 5.57 Å². The highest BCUT2D eigenvalue weighted by molar-refractivity contribution is 5.29. The first-order chi connectivity index (χ1) is 14.4. The Bertz CT molecular complexity index is 737. The molecule has 0 aromatic rings. The van der Waals surface area contributed by atoms with Crippen molar-refractivity contribution < 1.29 is 15.3 Å². The largest absolute Gasteiger partial charge is 0.390 e. The van der Waals surface area contributed by atoms with Gasteiger partial charge in [0.15, 0.2) is 0 Å². The molecule has 0 bridgehead atoms. The molecule has 0 spiro atoms. The normalized spacial score (nSPS) is 37.9. The molecule has 0 aromatic carbocycles. The molecule has 3 fully saturated rings. The molecular formula is C28H44O3. The van der Waals surface area contributed by atoms with E-state index in [-0.39, 0.29) is 5.92 Å². The summed E-state index contributed by atoms with van der Waals surface area (Å²) in [4.78, 5) is 0. The van der Waals surface area contributed by atoms with E-state index in [1.165, 1.54) is 25.7 Å². The van der Waals surface area contributed by atoms with Crippen LogP contribution in [0, 0.1) is 29.1 Å². The van der Waals surface area contributed by atoms with Crippen LogP contribution in [0.5, 0.6) is 0 Å². The van der Waals surface area contributed by atoms with Crippen LogP contribution in [0.2, 0.25) is 0 Å². The van der Waals surface area contributed by atoms with Gasteiger partial charge in [-0.15, -0.1) is 0 Å². The van der Waals surface area contributed by atoms with Crippen LogP contribution in [0.25, 0.3) is 0 Å². The number of hydrogen-bond donors (Lipinski definition) is 3. The van der Waals surface area contributed by atoms with Crippen molar-refractivity contribution in [3.05, 3.63) is 47.6 Å². The maximum Gasteiger partial charge on any atom is 0.0809 e. The van der Waals surface area contributed by atoms with Gasteiger partial charge in [0.2, 0.25) is 0 Å². The molecule has 31 heavy (non-hydrogen) atoms. The number of allylic oxidation sites excluding steroid dienone is 4. The Morgan fingerprint density at radius 3 is 2.32 bits per heavy atom. The van der Waals surface area contributed by atoms with E-state index in [0.717, 1.165) is 12.0 Å². The molecule has 3 N–H and O–H groups in total. The second kappa shape index (κ2) is 9.37. The lowest BCUT2D eigenvalue weighted by Crippen LogP contribution is -2.35. The number of aliphatic hydroxyl groups is 3. The van der Waals surface area contributed by atoms with Gasteiger partial charge in [-0.1, -0.05) is 62.8 Å². The van der Waals surface area contributed by atoms with E-state index in [4.69, 9.17) is 0 Å². The molecule has 3 saturated carbocycles. The SMILES string of the molecule is C=C1[C@H](O)CC(=C/C=C2\CCC[C@]3(C)[C@@H]([C@@H](C)/C=C/[C@@H](C)C(C)(C)O)CC[C@@H]23)C[C@H]1O. The van der Waals surface area contributed by atoms with Gasteiger partial charge < -0.3 is 15.3 Å². The minimum atomic E-state index is -0.681. The van der Waals surface area contributed by atoms with E-state index in [9.17, 15) is 15.3 Å². The van der Waals surface area contributed by atoms with E-state index >= 15 is 0 Å². The highest BCUT2D eigenvalue weighted by Crippen LogP contribution is 2.59. The number of hydrogen-bond acceptors (Lipinski definition) is 3. The number of fused-ring (bicyclic) bond motifs is 1.